The van der Waals surface area contributed by atoms with Gasteiger partial charge in [-0.1, -0.05) is 42.5 Å². The molecule has 4 N–H and O–H groups in total. The van der Waals surface area contributed by atoms with Crippen molar-refractivity contribution >= 4 is 40.8 Å². The van der Waals surface area contributed by atoms with E-state index in [4.69, 9.17) is 5.73 Å². The van der Waals surface area contributed by atoms with Gasteiger partial charge in [-0.3, -0.25) is 19.3 Å². The van der Waals surface area contributed by atoms with Gasteiger partial charge < -0.3 is 21.3 Å². The largest absolute Gasteiger partial charge is 0.351 e. The third-order valence-electron chi connectivity index (χ3n) is 6.87. The second kappa shape index (κ2) is 11.8. The van der Waals surface area contributed by atoms with Gasteiger partial charge in [-0.15, -0.1) is 0 Å². The zero-order valence-electron chi connectivity index (χ0n) is 24.1. The number of hydrogen-bond acceptors (Lipinski definition) is 4. The van der Waals surface area contributed by atoms with Crippen molar-refractivity contribution in [2.75, 3.05) is 21.7 Å². The monoisotopic (exact) mass is 555 g/mol. The molecule has 1 aliphatic heterocycles. The fourth-order valence-corrected chi connectivity index (χ4v) is 5.35. The first-order valence-corrected chi connectivity index (χ1v) is 13.6. The van der Waals surface area contributed by atoms with Crippen LogP contribution in [-0.4, -0.2) is 41.9 Å². The number of hydrogen-bond donors (Lipinski definition) is 3. The van der Waals surface area contributed by atoms with Crippen molar-refractivity contribution < 1.29 is 19.2 Å². The van der Waals surface area contributed by atoms with Gasteiger partial charge in [0.1, 0.15) is 12.6 Å². The van der Waals surface area contributed by atoms with E-state index >= 15 is 0 Å². The molecule has 9 nitrogen and oxygen atoms in total. The van der Waals surface area contributed by atoms with Crippen molar-refractivity contribution in [1.29, 1.82) is 0 Å². The van der Waals surface area contributed by atoms with E-state index in [1.807, 2.05) is 76.2 Å². The zero-order chi connectivity index (χ0) is 29.9. The molecule has 0 aliphatic carbocycles. The molecule has 0 saturated carbocycles. The molecule has 41 heavy (non-hydrogen) atoms. The van der Waals surface area contributed by atoms with Gasteiger partial charge in [-0.2, -0.15) is 0 Å². The van der Waals surface area contributed by atoms with Crippen LogP contribution >= 0.6 is 0 Å². The van der Waals surface area contributed by atoms with Crippen LogP contribution in [0.2, 0.25) is 0 Å². The number of nitrogens with zero attached hydrogens (tertiary/aromatic N) is 2. The number of primary amides is 1. The van der Waals surface area contributed by atoms with Crippen molar-refractivity contribution in [2.24, 2.45) is 5.73 Å². The van der Waals surface area contributed by atoms with Crippen LogP contribution in [0.4, 0.5) is 21.9 Å². The lowest BCUT2D eigenvalue weighted by atomic mass is 9.85. The Morgan fingerprint density at radius 2 is 1.71 bits per heavy atom. The standard InChI is InChI=1S/C32H37N5O4/c1-20-10-8-13-24(16-20)37(31(33)41)28-18-26(22-11-9-12-23(17-22)34-21(2)38)25-14-6-7-15-27(25)36(30(28)40)19-29(39)35-32(3,4)5/h6-17,26,28H,18-19H2,1-5H3,(H2,33,41)(H,34,38)(H,35,39). The van der Waals surface area contributed by atoms with Gasteiger partial charge >= 0.3 is 6.03 Å². The van der Waals surface area contributed by atoms with Gasteiger partial charge in [0.15, 0.2) is 0 Å². The van der Waals surface area contributed by atoms with Crippen molar-refractivity contribution in [1.82, 2.24) is 5.32 Å². The summed E-state index contributed by atoms with van der Waals surface area (Å²) in [5.41, 5.74) is 9.70. The molecule has 2 atom stereocenters. The van der Waals surface area contributed by atoms with Crippen molar-refractivity contribution in [3.05, 3.63) is 89.5 Å². The van der Waals surface area contributed by atoms with E-state index < -0.39 is 23.5 Å². The summed E-state index contributed by atoms with van der Waals surface area (Å²) in [6.07, 6.45) is 0.202. The van der Waals surface area contributed by atoms with Crippen molar-refractivity contribution in [3.8, 4) is 0 Å². The second-order valence-electron chi connectivity index (χ2n) is 11.4. The molecule has 1 aliphatic rings. The van der Waals surface area contributed by atoms with Crippen LogP contribution in [0.1, 0.15) is 56.7 Å². The lowest BCUT2D eigenvalue weighted by Gasteiger charge is -2.33. The molecule has 0 saturated heterocycles. The topological polar surface area (TPSA) is 125 Å². The number of amides is 5. The van der Waals surface area contributed by atoms with Gasteiger partial charge in [0.25, 0.3) is 5.91 Å². The summed E-state index contributed by atoms with van der Waals surface area (Å²) in [4.78, 5) is 55.2. The normalized spacial score (nSPS) is 16.8. The van der Waals surface area contributed by atoms with Crippen molar-refractivity contribution in [3.63, 3.8) is 0 Å². The molecule has 0 spiro atoms. The van der Waals surface area contributed by atoms with Gasteiger partial charge in [0, 0.05) is 35.4 Å². The van der Waals surface area contributed by atoms with Crippen LogP contribution in [0, 0.1) is 6.92 Å². The second-order valence-corrected chi connectivity index (χ2v) is 11.4. The van der Waals surface area contributed by atoms with Crippen LogP contribution < -0.4 is 26.2 Å². The molecule has 9 heteroatoms. The number of aryl methyl sites for hydroxylation is 1. The maximum atomic E-state index is 14.4. The molecule has 3 aromatic carbocycles. The summed E-state index contributed by atoms with van der Waals surface area (Å²) < 4.78 is 0. The smallest absolute Gasteiger partial charge is 0.320 e. The maximum Gasteiger partial charge on any atom is 0.320 e. The predicted molar refractivity (Wildman–Crippen MR) is 161 cm³/mol. The molecule has 214 valence electrons. The van der Waals surface area contributed by atoms with E-state index in [2.05, 4.69) is 10.6 Å². The highest BCUT2D eigenvalue weighted by molar-refractivity contribution is 6.08. The number of urea groups is 1. The fourth-order valence-electron chi connectivity index (χ4n) is 5.35. The first kappa shape index (κ1) is 29.3. The van der Waals surface area contributed by atoms with Crippen LogP contribution in [0.5, 0.6) is 0 Å². The number of nitrogens with two attached hydrogens (primary N) is 1. The van der Waals surface area contributed by atoms with Gasteiger partial charge in [-0.05, 0) is 81.1 Å². The Morgan fingerprint density at radius 3 is 2.37 bits per heavy atom. The molecule has 5 amide bonds. The van der Waals surface area contributed by atoms with E-state index in [1.54, 1.807) is 24.3 Å². The van der Waals surface area contributed by atoms with Gasteiger partial charge in [0.2, 0.25) is 11.8 Å². The third kappa shape index (κ3) is 6.92. The summed E-state index contributed by atoms with van der Waals surface area (Å²) in [6, 6.07) is 20.3. The minimum Gasteiger partial charge on any atom is -0.351 e. The van der Waals surface area contributed by atoms with E-state index in [0.29, 0.717) is 17.1 Å². The number of carbonyl (C=O) groups excluding carboxylic acids is 4. The van der Waals surface area contributed by atoms with Gasteiger partial charge in [0.05, 0.1) is 0 Å². The average molecular weight is 556 g/mol. The number of carbonyl (C=O) groups is 4. The number of anilines is 3. The quantitative estimate of drug-likeness (QED) is 0.408. The lowest BCUT2D eigenvalue weighted by molar-refractivity contribution is -0.125. The Balaban J connectivity index is 1.90. The van der Waals surface area contributed by atoms with E-state index in [9.17, 15) is 19.2 Å². The summed E-state index contributed by atoms with van der Waals surface area (Å²) in [5.74, 6) is -1.31. The van der Waals surface area contributed by atoms with Crippen LogP contribution in [-0.2, 0) is 14.4 Å². The summed E-state index contributed by atoms with van der Waals surface area (Å²) >= 11 is 0. The first-order valence-electron chi connectivity index (χ1n) is 13.6. The Labute approximate surface area is 240 Å². The highest BCUT2D eigenvalue weighted by Gasteiger charge is 2.41. The molecule has 0 fully saturated rings. The Bertz CT molecular complexity index is 1480. The predicted octanol–water partition coefficient (Wildman–Crippen LogP) is 4.69. The number of benzene rings is 3. The molecule has 0 radical (unpaired) electrons. The first-order chi connectivity index (χ1) is 19.3. The number of nitrogens with one attached hydrogen (secondary N) is 2. The maximum absolute atomic E-state index is 14.4. The molecular formula is C32H37N5O4. The number of para-hydroxylation sites is 1. The average Bonchev–Trinajstić information content (AvgIpc) is 2.98. The number of rotatable bonds is 6. The number of fused-ring (bicyclic) bond motifs is 1. The van der Waals surface area contributed by atoms with Crippen LogP contribution in [0.15, 0.2) is 72.8 Å². The minimum atomic E-state index is -1.02. The third-order valence-corrected chi connectivity index (χ3v) is 6.87. The molecule has 4 rings (SSSR count). The van der Waals surface area contributed by atoms with Crippen molar-refractivity contribution in [2.45, 2.75) is 58.5 Å². The highest BCUT2D eigenvalue weighted by Crippen LogP contribution is 2.41. The summed E-state index contributed by atoms with van der Waals surface area (Å²) in [7, 11) is 0. The lowest BCUT2D eigenvalue weighted by Crippen LogP contribution is -2.55. The molecule has 0 bridgehead atoms. The fraction of sp³-hybridized carbons (Fsp3) is 0.312. The SMILES string of the molecule is CC(=O)Nc1cccc(C2CC(N(C(N)=O)c3cccc(C)c3)C(=O)N(CC(=O)NC(C)(C)C)c3ccccc32)c1. The Hall–Kier alpha value is -4.66. The van der Waals surface area contributed by atoms with Crippen LogP contribution in [0.3, 0.4) is 0 Å². The summed E-state index contributed by atoms with van der Waals surface area (Å²) in [5, 5.41) is 5.75. The van der Waals surface area contributed by atoms with E-state index in [1.165, 1.54) is 16.7 Å². The van der Waals surface area contributed by atoms with Crippen LogP contribution in [0.25, 0.3) is 0 Å². The van der Waals surface area contributed by atoms with E-state index in [-0.39, 0.29) is 30.7 Å². The highest BCUT2D eigenvalue weighted by atomic mass is 16.2. The summed E-state index contributed by atoms with van der Waals surface area (Å²) in [6.45, 7) is 8.72. The molecule has 1 heterocycles. The van der Waals surface area contributed by atoms with E-state index in [0.717, 1.165) is 16.7 Å². The molecule has 3 aromatic rings. The Kier molecular flexibility index (Phi) is 8.47. The molecule has 2 unspecified atom stereocenters. The minimum absolute atomic E-state index is 0.202. The zero-order valence-corrected chi connectivity index (χ0v) is 24.1. The molecular weight excluding hydrogens is 518 g/mol. The van der Waals surface area contributed by atoms with Gasteiger partial charge in [-0.25, -0.2) is 4.79 Å². The Morgan fingerprint density at radius 1 is 1.00 bits per heavy atom. The molecule has 0 aromatic heterocycles.